The van der Waals surface area contributed by atoms with Crippen LogP contribution in [0.15, 0.2) is 17.8 Å². The predicted molar refractivity (Wildman–Crippen MR) is 53.9 cm³/mol. The Morgan fingerprint density at radius 2 is 2.46 bits per heavy atom. The highest BCUT2D eigenvalue weighted by atomic mass is 35.5. The number of thiazole rings is 1. The third-order valence-electron chi connectivity index (χ3n) is 1.72. The van der Waals surface area contributed by atoms with Gasteiger partial charge in [0.25, 0.3) is 0 Å². The maximum absolute atomic E-state index is 5.66. The van der Waals surface area contributed by atoms with E-state index in [-0.39, 0.29) is 0 Å². The topological polar surface area (TPSA) is 30.7 Å². The monoisotopic (exact) mass is 213 g/mol. The van der Waals surface area contributed by atoms with Gasteiger partial charge in [-0.1, -0.05) is 0 Å². The van der Waals surface area contributed by atoms with Gasteiger partial charge in [0.1, 0.15) is 10.7 Å². The molecule has 3 nitrogen and oxygen atoms in total. The van der Waals surface area contributed by atoms with E-state index in [1.54, 1.807) is 17.5 Å². The van der Waals surface area contributed by atoms with Crippen LogP contribution in [-0.4, -0.2) is 14.5 Å². The van der Waals surface area contributed by atoms with Gasteiger partial charge in [-0.25, -0.2) is 9.97 Å². The lowest BCUT2D eigenvalue weighted by atomic mass is 10.4. The molecule has 0 aliphatic heterocycles. The summed E-state index contributed by atoms with van der Waals surface area (Å²) in [4.78, 5) is 8.53. The van der Waals surface area contributed by atoms with Gasteiger partial charge in [0, 0.05) is 24.8 Å². The molecule has 0 amide bonds. The van der Waals surface area contributed by atoms with Crippen molar-refractivity contribution in [3.8, 4) is 11.5 Å². The van der Waals surface area contributed by atoms with E-state index < -0.39 is 0 Å². The number of aryl methyl sites for hydroxylation is 1. The van der Waals surface area contributed by atoms with Crippen molar-refractivity contribution in [1.82, 2.24) is 14.5 Å². The van der Waals surface area contributed by atoms with Crippen LogP contribution in [0.5, 0.6) is 0 Å². The van der Waals surface area contributed by atoms with Crippen molar-refractivity contribution in [2.45, 2.75) is 5.88 Å². The molecule has 2 aromatic heterocycles. The van der Waals surface area contributed by atoms with E-state index in [9.17, 15) is 0 Å². The van der Waals surface area contributed by atoms with Crippen LogP contribution in [0, 0.1) is 0 Å². The minimum Gasteiger partial charge on any atom is -0.333 e. The fourth-order valence-corrected chi connectivity index (χ4v) is 1.96. The average molecular weight is 214 g/mol. The zero-order valence-electron chi connectivity index (χ0n) is 7.07. The van der Waals surface area contributed by atoms with Crippen LogP contribution in [-0.2, 0) is 12.9 Å². The van der Waals surface area contributed by atoms with Crippen LogP contribution in [0.25, 0.3) is 11.5 Å². The Morgan fingerprint density at radius 3 is 3.00 bits per heavy atom. The molecular weight excluding hydrogens is 206 g/mol. The molecule has 5 heteroatoms. The summed E-state index contributed by atoms with van der Waals surface area (Å²) in [6.45, 7) is 0. The summed E-state index contributed by atoms with van der Waals surface area (Å²) in [5, 5.41) is 2.90. The summed E-state index contributed by atoms with van der Waals surface area (Å²) >= 11 is 7.22. The lowest BCUT2D eigenvalue weighted by Crippen LogP contribution is -1.91. The van der Waals surface area contributed by atoms with Crippen molar-refractivity contribution >= 4 is 22.9 Å². The van der Waals surface area contributed by atoms with Crippen LogP contribution >= 0.6 is 22.9 Å². The molecule has 0 radical (unpaired) electrons. The molecule has 0 spiro atoms. The molecule has 0 unspecified atom stereocenters. The maximum atomic E-state index is 5.66. The Morgan fingerprint density at radius 1 is 1.62 bits per heavy atom. The second kappa shape index (κ2) is 3.47. The molecule has 0 aromatic carbocycles. The van der Waals surface area contributed by atoms with E-state index >= 15 is 0 Å². The molecule has 0 atom stereocenters. The number of halogens is 1. The van der Waals surface area contributed by atoms with Crippen molar-refractivity contribution in [3.63, 3.8) is 0 Å². The molecule has 0 saturated heterocycles. The van der Waals surface area contributed by atoms with E-state index in [1.165, 1.54) is 0 Å². The molecule has 0 fully saturated rings. The molecule has 0 bridgehead atoms. The fourth-order valence-electron chi connectivity index (χ4n) is 1.09. The van der Waals surface area contributed by atoms with Crippen LogP contribution < -0.4 is 0 Å². The molecule has 0 aliphatic carbocycles. The molecule has 0 N–H and O–H groups in total. The summed E-state index contributed by atoms with van der Waals surface area (Å²) < 4.78 is 1.94. The van der Waals surface area contributed by atoms with Gasteiger partial charge in [-0.15, -0.1) is 22.9 Å². The van der Waals surface area contributed by atoms with Gasteiger partial charge in [-0.05, 0) is 0 Å². The summed E-state index contributed by atoms with van der Waals surface area (Å²) in [6.07, 6.45) is 3.66. The smallest absolute Gasteiger partial charge is 0.159 e. The van der Waals surface area contributed by atoms with Gasteiger partial charge in [0.15, 0.2) is 5.82 Å². The standard InChI is InChI=1S/C8H8ClN3S/c1-12-3-2-10-8(12)6-5-13-7(4-9)11-6/h2-3,5H,4H2,1H3. The Labute approximate surface area is 85.0 Å². The van der Waals surface area contributed by atoms with Gasteiger partial charge in [0.2, 0.25) is 0 Å². The maximum Gasteiger partial charge on any atom is 0.159 e. The normalized spacial score (nSPS) is 10.6. The van der Waals surface area contributed by atoms with Gasteiger partial charge in [-0.3, -0.25) is 0 Å². The molecule has 2 heterocycles. The molecular formula is C8H8ClN3S. The molecule has 68 valence electrons. The number of nitrogens with zero attached hydrogens (tertiary/aromatic N) is 3. The van der Waals surface area contributed by atoms with Crippen LogP contribution in [0.2, 0.25) is 0 Å². The first kappa shape index (κ1) is 8.72. The summed E-state index contributed by atoms with van der Waals surface area (Å²) in [7, 11) is 1.95. The quantitative estimate of drug-likeness (QED) is 0.717. The van der Waals surface area contributed by atoms with Crippen LogP contribution in [0.1, 0.15) is 5.01 Å². The first-order valence-corrected chi connectivity index (χ1v) is 5.20. The zero-order valence-corrected chi connectivity index (χ0v) is 8.64. The van der Waals surface area contributed by atoms with Gasteiger partial charge < -0.3 is 4.57 Å². The Bertz CT molecular complexity index is 407. The number of imidazole rings is 1. The van der Waals surface area contributed by atoms with Crippen molar-refractivity contribution in [2.75, 3.05) is 0 Å². The lowest BCUT2D eigenvalue weighted by molar-refractivity contribution is 0.918. The van der Waals surface area contributed by atoms with Crippen molar-refractivity contribution < 1.29 is 0 Å². The highest BCUT2D eigenvalue weighted by Crippen LogP contribution is 2.20. The van der Waals surface area contributed by atoms with E-state index in [4.69, 9.17) is 11.6 Å². The zero-order chi connectivity index (χ0) is 9.26. The lowest BCUT2D eigenvalue weighted by Gasteiger charge is -1.95. The van der Waals surface area contributed by atoms with Crippen LogP contribution in [0.3, 0.4) is 0 Å². The number of aromatic nitrogens is 3. The summed E-state index contributed by atoms with van der Waals surface area (Å²) in [6, 6.07) is 0. The van der Waals surface area contributed by atoms with E-state index in [1.807, 2.05) is 23.2 Å². The predicted octanol–water partition coefficient (Wildman–Crippen LogP) is 2.28. The first-order chi connectivity index (χ1) is 6.31. The van der Waals surface area contributed by atoms with Gasteiger partial charge >= 0.3 is 0 Å². The summed E-state index contributed by atoms with van der Waals surface area (Å²) in [5.41, 5.74) is 0.896. The van der Waals surface area contributed by atoms with E-state index in [0.717, 1.165) is 16.5 Å². The highest BCUT2D eigenvalue weighted by Gasteiger charge is 2.07. The van der Waals surface area contributed by atoms with E-state index in [2.05, 4.69) is 9.97 Å². The molecule has 0 saturated carbocycles. The molecule has 2 rings (SSSR count). The Hall–Kier alpha value is -0.870. The minimum atomic E-state index is 0.467. The number of alkyl halides is 1. The third kappa shape index (κ3) is 1.59. The second-order valence-electron chi connectivity index (χ2n) is 2.62. The van der Waals surface area contributed by atoms with Crippen molar-refractivity contribution in [3.05, 3.63) is 22.8 Å². The SMILES string of the molecule is Cn1ccnc1-c1csc(CCl)n1. The van der Waals surface area contributed by atoms with Gasteiger partial charge in [-0.2, -0.15) is 0 Å². The Kier molecular flexibility index (Phi) is 2.33. The molecule has 13 heavy (non-hydrogen) atoms. The number of hydrogen-bond acceptors (Lipinski definition) is 3. The van der Waals surface area contributed by atoms with Gasteiger partial charge in [0.05, 0.1) is 5.88 Å². The van der Waals surface area contributed by atoms with E-state index in [0.29, 0.717) is 5.88 Å². The molecule has 0 aliphatic rings. The van der Waals surface area contributed by atoms with Crippen LogP contribution in [0.4, 0.5) is 0 Å². The fraction of sp³-hybridized carbons (Fsp3) is 0.250. The number of hydrogen-bond donors (Lipinski definition) is 0. The first-order valence-electron chi connectivity index (χ1n) is 3.79. The highest BCUT2D eigenvalue weighted by molar-refractivity contribution is 7.10. The average Bonchev–Trinajstić information content (AvgIpc) is 2.71. The summed E-state index contributed by atoms with van der Waals surface area (Å²) in [5.74, 6) is 1.35. The van der Waals surface area contributed by atoms with Crippen molar-refractivity contribution in [1.29, 1.82) is 0 Å². The minimum absolute atomic E-state index is 0.467. The molecule has 2 aromatic rings. The largest absolute Gasteiger partial charge is 0.333 e. The Balaban J connectivity index is 2.41. The third-order valence-corrected chi connectivity index (χ3v) is 2.98. The van der Waals surface area contributed by atoms with Crippen molar-refractivity contribution in [2.24, 2.45) is 7.05 Å². The second-order valence-corrected chi connectivity index (χ2v) is 3.83. The number of rotatable bonds is 2.